The van der Waals surface area contributed by atoms with Crippen LogP contribution in [-0.4, -0.2) is 50.0 Å². The standard InChI is InChI=1S/C17H28O10/c1-5-22-16(20)26-12(3)24-14(18)10-8-7-9-11-15(19)25-13(4)27-17(21)23-6-2/h12-13H,5-11H2,1-4H3. The Kier molecular flexibility index (Phi) is 13.3. The van der Waals surface area contributed by atoms with Crippen LogP contribution in [0.5, 0.6) is 0 Å². The van der Waals surface area contributed by atoms with Gasteiger partial charge in [0.2, 0.25) is 12.6 Å². The maximum absolute atomic E-state index is 11.6. The van der Waals surface area contributed by atoms with Crippen LogP contribution >= 0.6 is 0 Å². The average Bonchev–Trinajstić information content (AvgIpc) is 2.54. The van der Waals surface area contributed by atoms with E-state index in [1.54, 1.807) is 13.8 Å². The van der Waals surface area contributed by atoms with Gasteiger partial charge in [-0.2, -0.15) is 0 Å². The molecule has 2 unspecified atom stereocenters. The first-order valence-corrected chi connectivity index (χ1v) is 8.84. The summed E-state index contributed by atoms with van der Waals surface area (Å²) < 4.78 is 28.3. The molecule has 0 N–H and O–H groups in total. The fraction of sp³-hybridized carbons (Fsp3) is 0.765. The number of hydrogen-bond donors (Lipinski definition) is 0. The molecule has 0 aromatic carbocycles. The first kappa shape index (κ1) is 24.5. The van der Waals surface area contributed by atoms with Crippen LogP contribution in [0.3, 0.4) is 0 Å². The van der Waals surface area contributed by atoms with Crippen LogP contribution in [0, 0.1) is 0 Å². The highest BCUT2D eigenvalue weighted by Gasteiger charge is 2.16. The van der Waals surface area contributed by atoms with Crippen molar-refractivity contribution in [2.24, 2.45) is 0 Å². The maximum Gasteiger partial charge on any atom is 0.511 e. The lowest BCUT2D eigenvalue weighted by Crippen LogP contribution is -2.22. The summed E-state index contributed by atoms with van der Waals surface area (Å²) in [6.45, 7) is 6.39. The second-order valence-electron chi connectivity index (χ2n) is 5.28. The van der Waals surface area contributed by atoms with Gasteiger partial charge in [0, 0.05) is 26.7 Å². The fourth-order valence-corrected chi connectivity index (χ4v) is 1.83. The summed E-state index contributed by atoms with van der Waals surface area (Å²) in [7, 11) is 0. The van der Waals surface area contributed by atoms with E-state index in [2.05, 4.69) is 18.9 Å². The molecule has 0 aliphatic carbocycles. The normalized spacial score (nSPS) is 12.3. The number of rotatable bonds is 12. The molecule has 156 valence electrons. The number of esters is 2. The summed E-state index contributed by atoms with van der Waals surface area (Å²) in [6.07, 6.45) is -2.07. The van der Waals surface area contributed by atoms with Crippen molar-refractivity contribution in [2.75, 3.05) is 13.2 Å². The zero-order valence-corrected chi connectivity index (χ0v) is 16.2. The molecule has 0 rings (SSSR count). The third-order valence-electron chi connectivity index (χ3n) is 2.91. The average molecular weight is 392 g/mol. The minimum Gasteiger partial charge on any atom is -0.435 e. The van der Waals surface area contributed by atoms with Crippen molar-refractivity contribution < 1.29 is 47.6 Å². The number of carbonyl (C=O) groups is 4. The lowest BCUT2D eigenvalue weighted by molar-refractivity contribution is -0.168. The summed E-state index contributed by atoms with van der Waals surface area (Å²) in [5, 5.41) is 0. The molecule has 27 heavy (non-hydrogen) atoms. The molecule has 0 saturated heterocycles. The van der Waals surface area contributed by atoms with Crippen molar-refractivity contribution in [1.29, 1.82) is 0 Å². The second kappa shape index (κ2) is 14.6. The molecule has 0 bridgehead atoms. The van der Waals surface area contributed by atoms with Crippen molar-refractivity contribution in [3.05, 3.63) is 0 Å². The quantitative estimate of drug-likeness (QED) is 0.212. The predicted molar refractivity (Wildman–Crippen MR) is 90.4 cm³/mol. The highest BCUT2D eigenvalue weighted by molar-refractivity contribution is 5.70. The van der Waals surface area contributed by atoms with E-state index in [9.17, 15) is 19.2 Å². The molecule has 0 saturated carbocycles. The molecule has 10 nitrogen and oxygen atoms in total. The molecule has 0 aromatic rings. The van der Waals surface area contributed by atoms with E-state index in [1.807, 2.05) is 0 Å². The molecule has 0 aliphatic rings. The van der Waals surface area contributed by atoms with Crippen LogP contribution in [0.25, 0.3) is 0 Å². The lowest BCUT2D eigenvalue weighted by Gasteiger charge is -2.14. The Balaban J connectivity index is 3.77. The second-order valence-corrected chi connectivity index (χ2v) is 5.28. The Bertz CT molecular complexity index is 434. The number of hydrogen-bond acceptors (Lipinski definition) is 10. The molecule has 0 radical (unpaired) electrons. The fourth-order valence-electron chi connectivity index (χ4n) is 1.83. The zero-order valence-electron chi connectivity index (χ0n) is 16.2. The summed E-state index contributed by atoms with van der Waals surface area (Å²) >= 11 is 0. The summed E-state index contributed by atoms with van der Waals surface area (Å²) in [5.41, 5.74) is 0. The summed E-state index contributed by atoms with van der Waals surface area (Å²) in [4.78, 5) is 45.3. The van der Waals surface area contributed by atoms with E-state index in [4.69, 9.17) is 9.47 Å². The van der Waals surface area contributed by atoms with Crippen LogP contribution < -0.4 is 0 Å². The maximum atomic E-state index is 11.6. The van der Waals surface area contributed by atoms with E-state index >= 15 is 0 Å². The minimum atomic E-state index is -1.03. The van der Waals surface area contributed by atoms with Crippen molar-refractivity contribution in [3.8, 4) is 0 Å². The van der Waals surface area contributed by atoms with Gasteiger partial charge in [-0.25, -0.2) is 9.59 Å². The van der Waals surface area contributed by atoms with Gasteiger partial charge in [0.15, 0.2) is 0 Å². The van der Waals surface area contributed by atoms with Gasteiger partial charge in [-0.05, 0) is 26.7 Å². The minimum absolute atomic E-state index is 0.119. The lowest BCUT2D eigenvalue weighted by atomic mass is 10.1. The molecule has 0 heterocycles. The van der Waals surface area contributed by atoms with E-state index < -0.39 is 36.8 Å². The highest BCUT2D eigenvalue weighted by Crippen LogP contribution is 2.08. The van der Waals surface area contributed by atoms with Gasteiger partial charge in [-0.3, -0.25) is 9.59 Å². The van der Waals surface area contributed by atoms with E-state index in [1.165, 1.54) is 13.8 Å². The van der Waals surface area contributed by atoms with Gasteiger partial charge in [-0.1, -0.05) is 6.42 Å². The zero-order chi connectivity index (χ0) is 20.7. The molecular formula is C17H28O10. The molecule has 2 atom stereocenters. The van der Waals surface area contributed by atoms with Crippen molar-refractivity contribution in [2.45, 2.75) is 72.4 Å². The van der Waals surface area contributed by atoms with Gasteiger partial charge in [0.05, 0.1) is 13.2 Å². The molecule has 0 spiro atoms. The Morgan fingerprint density at radius 2 is 1.00 bits per heavy atom. The van der Waals surface area contributed by atoms with Crippen LogP contribution in [0.15, 0.2) is 0 Å². The number of unbranched alkanes of at least 4 members (excludes halogenated alkanes) is 2. The Morgan fingerprint density at radius 1 is 0.630 bits per heavy atom. The summed E-state index contributed by atoms with van der Waals surface area (Å²) in [6, 6.07) is 0. The van der Waals surface area contributed by atoms with E-state index in [0.717, 1.165) is 0 Å². The van der Waals surface area contributed by atoms with Crippen LogP contribution in [0.2, 0.25) is 0 Å². The third-order valence-corrected chi connectivity index (χ3v) is 2.91. The first-order valence-electron chi connectivity index (χ1n) is 8.84. The SMILES string of the molecule is CCOC(=O)OC(C)OC(=O)CCCCCC(=O)OC(C)OC(=O)OCC. The van der Waals surface area contributed by atoms with Crippen molar-refractivity contribution in [3.63, 3.8) is 0 Å². The first-order chi connectivity index (χ1) is 12.8. The van der Waals surface area contributed by atoms with Gasteiger partial charge in [0.25, 0.3) is 0 Å². The highest BCUT2D eigenvalue weighted by atomic mass is 16.8. The smallest absolute Gasteiger partial charge is 0.435 e. The van der Waals surface area contributed by atoms with Gasteiger partial charge < -0.3 is 28.4 Å². The van der Waals surface area contributed by atoms with Crippen LogP contribution in [-0.2, 0) is 38.0 Å². The third kappa shape index (κ3) is 14.3. The van der Waals surface area contributed by atoms with E-state index in [0.29, 0.717) is 19.3 Å². The van der Waals surface area contributed by atoms with Gasteiger partial charge >= 0.3 is 24.2 Å². The number of ether oxygens (including phenoxy) is 6. The molecule has 0 aliphatic heterocycles. The Morgan fingerprint density at radius 3 is 1.33 bits per heavy atom. The molecule has 0 aromatic heterocycles. The monoisotopic (exact) mass is 392 g/mol. The largest absolute Gasteiger partial charge is 0.511 e. The van der Waals surface area contributed by atoms with Gasteiger partial charge in [-0.15, -0.1) is 0 Å². The Hall–Kier alpha value is -2.52. The molecular weight excluding hydrogens is 364 g/mol. The van der Waals surface area contributed by atoms with Crippen molar-refractivity contribution >= 4 is 24.2 Å². The topological polar surface area (TPSA) is 124 Å². The van der Waals surface area contributed by atoms with Crippen LogP contribution in [0.4, 0.5) is 9.59 Å². The van der Waals surface area contributed by atoms with Gasteiger partial charge in [0.1, 0.15) is 0 Å². The van der Waals surface area contributed by atoms with Crippen molar-refractivity contribution in [1.82, 2.24) is 0 Å². The predicted octanol–water partition coefficient (Wildman–Crippen LogP) is 3.06. The Labute approximate surface area is 158 Å². The van der Waals surface area contributed by atoms with E-state index in [-0.39, 0.29) is 26.1 Å². The number of carbonyl (C=O) groups excluding carboxylic acids is 4. The molecule has 0 amide bonds. The molecule has 0 fully saturated rings. The molecule has 10 heteroatoms. The van der Waals surface area contributed by atoms with Crippen LogP contribution in [0.1, 0.15) is 59.8 Å². The summed E-state index contributed by atoms with van der Waals surface area (Å²) in [5.74, 6) is -1.04.